The van der Waals surface area contributed by atoms with Crippen LogP contribution in [0.1, 0.15) is 34.3 Å². The lowest BCUT2D eigenvalue weighted by Gasteiger charge is -2.35. The first-order chi connectivity index (χ1) is 10.1. The molecule has 2 heterocycles. The highest BCUT2D eigenvalue weighted by molar-refractivity contribution is 5.94. The van der Waals surface area contributed by atoms with Crippen molar-refractivity contribution in [3.63, 3.8) is 0 Å². The zero-order chi connectivity index (χ0) is 14.8. The van der Waals surface area contributed by atoms with E-state index in [-0.39, 0.29) is 12.0 Å². The summed E-state index contributed by atoms with van der Waals surface area (Å²) in [5.41, 5.74) is 2.98. The van der Waals surface area contributed by atoms with Crippen LogP contribution in [0.5, 0.6) is 0 Å². The maximum atomic E-state index is 12.2. The largest absolute Gasteiger partial charge is 0.373 e. The molecule has 0 bridgehead atoms. The molecule has 21 heavy (non-hydrogen) atoms. The number of amides is 1. The molecule has 2 unspecified atom stereocenters. The van der Waals surface area contributed by atoms with E-state index in [1.54, 1.807) is 0 Å². The third kappa shape index (κ3) is 3.44. The lowest BCUT2D eigenvalue weighted by Crippen LogP contribution is -2.50. The number of fused-ring (bicyclic) bond motifs is 1. The minimum absolute atomic E-state index is 0.00561. The summed E-state index contributed by atoms with van der Waals surface area (Å²) in [4.78, 5) is 14.7. The number of nitrogens with zero attached hydrogens (tertiary/aromatic N) is 1. The van der Waals surface area contributed by atoms with Crippen LogP contribution in [0.25, 0.3) is 0 Å². The Morgan fingerprint density at radius 3 is 2.86 bits per heavy atom. The van der Waals surface area contributed by atoms with E-state index in [0.29, 0.717) is 12.6 Å². The molecule has 4 heteroatoms. The first-order valence-electron chi connectivity index (χ1n) is 7.84. The monoisotopic (exact) mass is 288 g/mol. The number of ether oxygens (including phenoxy) is 1. The Labute approximate surface area is 126 Å². The van der Waals surface area contributed by atoms with E-state index in [1.807, 2.05) is 26.0 Å². The van der Waals surface area contributed by atoms with E-state index in [2.05, 4.69) is 16.3 Å². The number of hydrogen-bond acceptors (Lipinski definition) is 3. The van der Waals surface area contributed by atoms with Gasteiger partial charge in [-0.25, -0.2) is 0 Å². The molecule has 2 fully saturated rings. The van der Waals surface area contributed by atoms with Crippen LogP contribution in [0.15, 0.2) is 18.2 Å². The number of nitrogens with one attached hydrogen (secondary N) is 1. The van der Waals surface area contributed by atoms with Gasteiger partial charge in [0.15, 0.2) is 0 Å². The Bertz CT molecular complexity index is 509. The summed E-state index contributed by atoms with van der Waals surface area (Å²) in [5, 5.41) is 3.01. The van der Waals surface area contributed by atoms with E-state index >= 15 is 0 Å². The van der Waals surface area contributed by atoms with Gasteiger partial charge in [0.2, 0.25) is 0 Å². The Morgan fingerprint density at radius 1 is 1.33 bits per heavy atom. The molecule has 2 aliphatic heterocycles. The van der Waals surface area contributed by atoms with Crippen LogP contribution in [0.3, 0.4) is 0 Å². The Kier molecular flexibility index (Phi) is 4.27. The molecule has 0 radical (unpaired) electrons. The summed E-state index contributed by atoms with van der Waals surface area (Å²) in [5.74, 6) is -0.00561. The average Bonchev–Trinajstić information content (AvgIpc) is 2.91. The lowest BCUT2D eigenvalue weighted by atomic mass is 10.1. The van der Waals surface area contributed by atoms with Gasteiger partial charge in [-0.15, -0.1) is 0 Å². The molecule has 114 valence electrons. The molecule has 0 spiro atoms. The van der Waals surface area contributed by atoms with Crippen molar-refractivity contribution in [3.8, 4) is 0 Å². The highest BCUT2D eigenvalue weighted by Gasteiger charge is 2.32. The van der Waals surface area contributed by atoms with Crippen LogP contribution in [0.4, 0.5) is 0 Å². The minimum Gasteiger partial charge on any atom is -0.373 e. The molecular formula is C17H24N2O2. The highest BCUT2D eigenvalue weighted by Crippen LogP contribution is 2.22. The summed E-state index contributed by atoms with van der Waals surface area (Å²) >= 11 is 0. The fourth-order valence-electron chi connectivity index (χ4n) is 3.42. The molecule has 4 nitrogen and oxygen atoms in total. The van der Waals surface area contributed by atoms with E-state index in [9.17, 15) is 4.79 Å². The zero-order valence-corrected chi connectivity index (χ0v) is 12.9. The van der Waals surface area contributed by atoms with Gasteiger partial charge in [0.1, 0.15) is 0 Å². The smallest absolute Gasteiger partial charge is 0.251 e. The number of rotatable bonds is 3. The second-order valence-electron chi connectivity index (χ2n) is 6.33. The maximum absolute atomic E-state index is 12.2. The van der Waals surface area contributed by atoms with Gasteiger partial charge in [0.25, 0.3) is 5.91 Å². The van der Waals surface area contributed by atoms with Crippen molar-refractivity contribution in [1.82, 2.24) is 10.2 Å². The van der Waals surface area contributed by atoms with Crippen LogP contribution in [-0.2, 0) is 4.74 Å². The predicted octanol–water partition coefficient (Wildman–Crippen LogP) is 1.90. The number of carbonyl (C=O) groups excluding carboxylic acids is 1. The van der Waals surface area contributed by atoms with Gasteiger partial charge in [-0.2, -0.15) is 0 Å². The summed E-state index contributed by atoms with van der Waals surface area (Å²) in [6.45, 7) is 7.55. The van der Waals surface area contributed by atoms with E-state index < -0.39 is 0 Å². The molecule has 0 aliphatic carbocycles. The van der Waals surface area contributed by atoms with Crippen molar-refractivity contribution in [3.05, 3.63) is 34.9 Å². The Balaban J connectivity index is 1.53. The van der Waals surface area contributed by atoms with Crippen molar-refractivity contribution in [2.24, 2.45) is 0 Å². The third-order valence-corrected chi connectivity index (χ3v) is 4.44. The van der Waals surface area contributed by atoms with Crippen LogP contribution in [0.2, 0.25) is 0 Å². The average molecular weight is 288 g/mol. The van der Waals surface area contributed by atoms with Gasteiger partial charge in [-0.3, -0.25) is 9.69 Å². The second kappa shape index (κ2) is 6.16. The third-order valence-electron chi connectivity index (χ3n) is 4.44. The minimum atomic E-state index is -0.00561. The van der Waals surface area contributed by atoms with E-state index in [0.717, 1.165) is 29.8 Å². The molecule has 3 rings (SSSR count). The lowest BCUT2D eigenvalue weighted by molar-refractivity contribution is -0.0461. The fraction of sp³-hybridized carbons (Fsp3) is 0.588. The molecule has 1 amide bonds. The molecule has 2 atom stereocenters. The van der Waals surface area contributed by atoms with Crippen LogP contribution >= 0.6 is 0 Å². The zero-order valence-electron chi connectivity index (χ0n) is 12.9. The van der Waals surface area contributed by atoms with Gasteiger partial charge in [-0.1, -0.05) is 17.2 Å². The molecule has 1 aromatic carbocycles. The molecule has 2 aliphatic rings. The number of benzene rings is 1. The summed E-state index contributed by atoms with van der Waals surface area (Å²) in [7, 11) is 0. The van der Waals surface area contributed by atoms with Gasteiger partial charge in [0.05, 0.1) is 12.7 Å². The topological polar surface area (TPSA) is 41.6 Å². The van der Waals surface area contributed by atoms with Gasteiger partial charge < -0.3 is 10.1 Å². The molecule has 1 aromatic rings. The molecule has 0 saturated carbocycles. The van der Waals surface area contributed by atoms with E-state index in [1.165, 1.54) is 19.4 Å². The summed E-state index contributed by atoms with van der Waals surface area (Å²) in [6, 6.07) is 6.55. The van der Waals surface area contributed by atoms with Crippen molar-refractivity contribution in [2.75, 3.05) is 26.2 Å². The molecule has 2 saturated heterocycles. The predicted molar refractivity (Wildman–Crippen MR) is 82.6 cm³/mol. The molecular weight excluding hydrogens is 264 g/mol. The number of morpholine rings is 1. The van der Waals surface area contributed by atoms with Crippen LogP contribution < -0.4 is 5.32 Å². The standard InChI is InChI=1S/C17H24N2O2/c1-12-6-13(2)8-14(7-12)17(20)18-9-16-10-19-5-3-4-15(19)11-21-16/h6-8,15-16H,3-5,9-11H2,1-2H3,(H,18,20). The highest BCUT2D eigenvalue weighted by atomic mass is 16.5. The summed E-state index contributed by atoms with van der Waals surface area (Å²) < 4.78 is 5.87. The maximum Gasteiger partial charge on any atom is 0.251 e. The van der Waals surface area contributed by atoms with Crippen molar-refractivity contribution in [1.29, 1.82) is 0 Å². The van der Waals surface area contributed by atoms with Gasteiger partial charge >= 0.3 is 0 Å². The number of carbonyl (C=O) groups is 1. The van der Waals surface area contributed by atoms with Gasteiger partial charge in [-0.05, 0) is 45.4 Å². The van der Waals surface area contributed by atoms with Gasteiger partial charge in [0, 0.05) is 24.7 Å². The fourth-order valence-corrected chi connectivity index (χ4v) is 3.42. The summed E-state index contributed by atoms with van der Waals surface area (Å²) in [6.07, 6.45) is 2.64. The quantitative estimate of drug-likeness (QED) is 0.923. The first kappa shape index (κ1) is 14.5. The van der Waals surface area contributed by atoms with Crippen LogP contribution in [0, 0.1) is 13.8 Å². The van der Waals surface area contributed by atoms with Crippen molar-refractivity contribution >= 4 is 5.91 Å². The van der Waals surface area contributed by atoms with E-state index in [4.69, 9.17) is 4.74 Å². The number of hydrogen-bond donors (Lipinski definition) is 1. The first-order valence-corrected chi connectivity index (χ1v) is 7.84. The molecule has 0 aromatic heterocycles. The second-order valence-corrected chi connectivity index (χ2v) is 6.33. The molecule has 1 N–H and O–H groups in total. The number of aryl methyl sites for hydroxylation is 2. The van der Waals surface area contributed by atoms with Crippen LogP contribution in [-0.4, -0.2) is 49.2 Å². The Hall–Kier alpha value is -1.39. The van der Waals surface area contributed by atoms with Crippen molar-refractivity contribution < 1.29 is 9.53 Å². The Morgan fingerprint density at radius 2 is 2.10 bits per heavy atom. The SMILES string of the molecule is Cc1cc(C)cc(C(=O)NCC2CN3CCCC3CO2)c1. The van der Waals surface area contributed by atoms with Crippen molar-refractivity contribution in [2.45, 2.75) is 38.8 Å². The normalized spacial score (nSPS) is 25.6.